The highest BCUT2D eigenvalue weighted by atomic mass is 16.2. The van der Waals surface area contributed by atoms with Gasteiger partial charge in [-0.1, -0.05) is 26.2 Å². The summed E-state index contributed by atoms with van der Waals surface area (Å²) in [5.74, 6) is 1.66. The predicted octanol–water partition coefficient (Wildman–Crippen LogP) is 2.54. The van der Waals surface area contributed by atoms with Crippen LogP contribution in [0.3, 0.4) is 0 Å². The van der Waals surface area contributed by atoms with E-state index in [1.165, 1.54) is 32.1 Å². The molecule has 2 unspecified atom stereocenters. The second-order valence-electron chi connectivity index (χ2n) is 6.33. The predicted molar refractivity (Wildman–Crippen MR) is 74.1 cm³/mol. The number of hydrogen-bond acceptors (Lipinski definition) is 2. The average Bonchev–Trinajstić information content (AvgIpc) is 2.55. The maximum absolute atomic E-state index is 12.0. The molecule has 0 aromatic carbocycles. The summed E-state index contributed by atoms with van der Waals surface area (Å²) in [6.45, 7) is 3.95. The van der Waals surface area contributed by atoms with Crippen molar-refractivity contribution in [1.82, 2.24) is 4.90 Å². The van der Waals surface area contributed by atoms with Crippen molar-refractivity contribution in [3.05, 3.63) is 0 Å². The Kier molecular flexibility index (Phi) is 5.04. The smallest absolute Gasteiger partial charge is 0.222 e. The van der Waals surface area contributed by atoms with Crippen molar-refractivity contribution in [3.8, 4) is 0 Å². The molecule has 0 spiro atoms. The zero-order valence-corrected chi connectivity index (χ0v) is 11.7. The van der Waals surface area contributed by atoms with Crippen LogP contribution in [0.1, 0.15) is 58.3 Å². The zero-order valence-electron chi connectivity index (χ0n) is 11.7. The summed E-state index contributed by atoms with van der Waals surface area (Å²) in [6.07, 6.45) is 9.45. The van der Waals surface area contributed by atoms with Crippen LogP contribution >= 0.6 is 0 Å². The van der Waals surface area contributed by atoms with Gasteiger partial charge in [0.05, 0.1) is 0 Å². The van der Waals surface area contributed by atoms with Crippen LogP contribution in [0, 0.1) is 11.8 Å². The van der Waals surface area contributed by atoms with Crippen molar-refractivity contribution in [1.29, 1.82) is 0 Å². The highest BCUT2D eigenvalue weighted by Crippen LogP contribution is 2.26. The first kappa shape index (κ1) is 13.9. The molecule has 2 atom stereocenters. The van der Waals surface area contributed by atoms with Crippen molar-refractivity contribution >= 4 is 5.91 Å². The molecular formula is C15H28N2O. The van der Waals surface area contributed by atoms with Gasteiger partial charge in [0.25, 0.3) is 0 Å². The average molecular weight is 252 g/mol. The first-order valence-corrected chi connectivity index (χ1v) is 7.70. The lowest BCUT2D eigenvalue weighted by molar-refractivity contribution is -0.131. The normalized spacial score (nSPS) is 29.1. The molecule has 2 aliphatic rings. The van der Waals surface area contributed by atoms with Crippen LogP contribution in [-0.4, -0.2) is 29.9 Å². The van der Waals surface area contributed by atoms with E-state index in [0.717, 1.165) is 32.4 Å². The Morgan fingerprint density at radius 3 is 2.67 bits per heavy atom. The molecule has 1 heterocycles. The molecule has 1 aliphatic carbocycles. The van der Waals surface area contributed by atoms with E-state index in [1.54, 1.807) is 0 Å². The summed E-state index contributed by atoms with van der Waals surface area (Å²) in [6, 6.07) is 0.197. The lowest BCUT2D eigenvalue weighted by atomic mass is 9.84. The maximum atomic E-state index is 12.0. The van der Waals surface area contributed by atoms with Crippen molar-refractivity contribution in [2.24, 2.45) is 17.6 Å². The fourth-order valence-electron chi connectivity index (χ4n) is 3.33. The third-order valence-electron chi connectivity index (χ3n) is 4.78. The largest absolute Gasteiger partial charge is 0.341 e. The Labute approximate surface area is 111 Å². The Bertz CT molecular complexity index is 274. The minimum absolute atomic E-state index is 0.197. The molecule has 1 amide bonds. The van der Waals surface area contributed by atoms with Gasteiger partial charge in [-0.2, -0.15) is 0 Å². The number of carbonyl (C=O) groups excluding carboxylic acids is 1. The fourth-order valence-corrected chi connectivity index (χ4v) is 3.33. The molecule has 18 heavy (non-hydrogen) atoms. The molecule has 3 heteroatoms. The van der Waals surface area contributed by atoms with Gasteiger partial charge in [-0.25, -0.2) is 0 Å². The number of nitrogens with two attached hydrogens (primary N) is 1. The minimum atomic E-state index is 0.197. The highest BCUT2D eigenvalue weighted by Gasteiger charge is 2.26. The number of likely N-dealkylation sites (tertiary alicyclic amines) is 1. The summed E-state index contributed by atoms with van der Waals surface area (Å²) in [4.78, 5) is 14.1. The number of amides is 1. The van der Waals surface area contributed by atoms with Gasteiger partial charge in [0.2, 0.25) is 5.91 Å². The van der Waals surface area contributed by atoms with Crippen LogP contribution in [0.15, 0.2) is 0 Å². The Hall–Kier alpha value is -0.570. The second-order valence-corrected chi connectivity index (χ2v) is 6.33. The van der Waals surface area contributed by atoms with E-state index in [9.17, 15) is 4.79 Å². The van der Waals surface area contributed by atoms with Crippen LogP contribution in [0.2, 0.25) is 0 Å². The van der Waals surface area contributed by atoms with E-state index < -0.39 is 0 Å². The summed E-state index contributed by atoms with van der Waals surface area (Å²) in [5, 5.41) is 0. The van der Waals surface area contributed by atoms with Crippen LogP contribution in [0.5, 0.6) is 0 Å². The molecule has 1 aliphatic heterocycles. The molecule has 2 rings (SSSR count). The molecule has 1 saturated heterocycles. The van der Waals surface area contributed by atoms with E-state index in [4.69, 9.17) is 5.73 Å². The fraction of sp³-hybridized carbons (Fsp3) is 0.933. The van der Waals surface area contributed by atoms with Crippen molar-refractivity contribution in [3.63, 3.8) is 0 Å². The molecule has 104 valence electrons. The molecular weight excluding hydrogens is 224 g/mol. The van der Waals surface area contributed by atoms with Gasteiger partial charge in [-0.3, -0.25) is 4.79 Å². The van der Waals surface area contributed by atoms with Gasteiger partial charge < -0.3 is 10.6 Å². The molecule has 3 nitrogen and oxygen atoms in total. The second kappa shape index (κ2) is 6.55. The number of hydrogen-bond donors (Lipinski definition) is 1. The van der Waals surface area contributed by atoms with Crippen molar-refractivity contribution < 1.29 is 4.79 Å². The summed E-state index contributed by atoms with van der Waals surface area (Å²) in [7, 11) is 0. The van der Waals surface area contributed by atoms with Crippen LogP contribution in [-0.2, 0) is 4.79 Å². The Morgan fingerprint density at radius 2 is 1.94 bits per heavy atom. The summed E-state index contributed by atoms with van der Waals surface area (Å²) < 4.78 is 0. The molecule has 0 radical (unpaired) electrons. The standard InChI is InChI=1S/C15H28N2O/c1-12-7-8-15(18)17(10-9-12)11-14(16)13-5-3-2-4-6-13/h12-14H,2-11,16H2,1H3. The Balaban J connectivity index is 1.84. The summed E-state index contributed by atoms with van der Waals surface area (Å²) >= 11 is 0. The van der Waals surface area contributed by atoms with Gasteiger partial charge in [-0.15, -0.1) is 0 Å². The van der Waals surface area contributed by atoms with Gasteiger partial charge in [0.15, 0.2) is 0 Å². The molecule has 0 aromatic heterocycles. The van der Waals surface area contributed by atoms with E-state index in [0.29, 0.717) is 17.7 Å². The van der Waals surface area contributed by atoms with Gasteiger partial charge in [0.1, 0.15) is 0 Å². The number of carbonyl (C=O) groups is 1. The lowest BCUT2D eigenvalue weighted by Gasteiger charge is -2.31. The molecule has 0 bridgehead atoms. The van der Waals surface area contributed by atoms with E-state index in [1.807, 2.05) is 4.90 Å². The summed E-state index contributed by atoms with van der Waals surface area (Å²) in [5.41, 5.74) is 6.33. The highest BCUT2D eigenvalue weighted by molar-refractivity contribution is 5.76. The SMILES string of the molecule is CC1CCC(=O)N(CC(N)C2CCCCC2)CC1. The first-order valence-electron chi connectivity index (χ1n) is 7.70. The quantitative estimate of drug-likeness (QED) is 0.839. The van der Waals surface area contributed by atoms with Gasteiger partial charge in [-0.05, 0) is 37.5 Å². The molecule has 2 N–H and O–H groups in total. The van der Waals surface area contributed by atoms with Crippen LogP contribution < -0.4 is 5.73 Å². The monoisotopic (exact) mass is 252 g/mol. The van der Waals surface area contributed by atoms with E-state index in [-0.39, 0.29) is 6.04 Å². The topological polar surface area (TPSA) is 46.3 Å². The van der Waals surface area contributed by atoms with Crippen LogP contribution in [0.25, 0.3) is 0 Å². The van der Waals surface area contributed by atoms with Gasteiger partial charge in [0, 0.05) is 25.6 Å². The zero-order chi connectivity index (χ0) is 13.0. The minimum Gasteiger partial charge on any atom is -0.341 e. The lowest BCUT2D eigenvalue weighted by Crippen LogP contribution is -2.45. The third-order valence-corrected chi connectivity index (χ3v) is 4.78. The number of nitrogens with zero attached hydrogens (tertiary/aromatic N) is 1. The molecule has 0 aromatic rings. The molecule has 2 fully saturated rings. The Morgan fingerprint density at radius 1 is 1.22 bits per heavy atom. The first-order chi connectivity index (χ1) is 8.66. The maximum Gasteiger partial charge on any atom is 0.222 e. The van der Waals surface area contributed by atoms with Gasteiger partial charge >= 0.3 is 0 Å². The van der Waals surface area contributed by atoms with Crippen LogP contribution in [0.4, 0.5) is 0 Å². The van der Waals surface area contributed by atoms with E-state index in [2.05, 4.69) is 6.92 Å². The van der Waals surface area contributed by atoms with E-state index >= 15 is 0 Å². The number of rotatable bonds is 3. The molecule has 1 saturated carbocycles. The van der Waals surface area contributed by atoms with Crippen molar-refractivity contribution in [2.45, 2.75) is 64.3 Å². The third kappa shape index (κ3) is 3.71. The van der Waals surface area contributed by atoms with Crippen molar-refractivity contribution in [2.75, 3.05) is 13.1 Å².